The first-order valence-electron chi connectivity index (χ1n) is 9.71. The highest BCUT2D eigenvalue weighted by molar-refractivity contribution is 8.17. The van der Waals surface area contributed by atoms with Crippen LogP contribution in [0, 0.1) is 5.41 Å². The number of carbonyl (C=O) groups is 1. The molecule has 0 fully saturated rings. The summed E-state index contributed by atoms with van der Waals surface area (Å²) in [6, 6.07) is 21.1. The first-order valence-corrected chi connectivity index (χ1v) is 12.0. The maximum Gasteiger partial charge on any atom is 0.283 e. The molecular weight excluding hydrogens is 462 g/mol. The van der Waals surface area contributed by atoms with Crippen LogP contribution in [-0.4, -0.2) is 21.8 Å². The third-order valence-electron chi connectivity index (χ3n) is 4.87. The third kappa shape index (κ3) is 4.19. The van der Waals surface area contributed by atoms with Crippen molar-refractivity contribution in [3.05, 3.63) is 99.6 Å². The second-order valence-electron chi connectivity index (χ2n) is 7.00. The molecule has 1 amide bonds. The molecule has 8 heteroatoms. The largest absolute Gasteiger partial charge is 0.450 e. The van der Waals surface area contributed by atoms with Gasteiger partial charge in [-0.05, 0) is 41.5 Å². The zero-order valence-corrected chi connectivity index (χ0v) is 19.0. The maximum atomic E-state index is 12.6. The lowest BCUT2D eigenvalue weighted by Gasteiger charge is -2.26. The lowest BCUT2D eigenvalue weighted by atomic mass is 10.1. The van der Waals surface area contributed by atoms with Gasteiger partial charge in [-0.1, -0.05) is 77.6 Å². The second kappa shape index (κ2) is 8.86. The average molecular weight is 478 g/mol. The van der Waals surface area contributed by atoms with Crippen LogP contribution in [0.1, 0.15) is 16.9 Å². The molecule has 1 N–H and O–H groups in total. The van der Waals surface area contributed by atoms with Crippen LogP contribution in [0.3, 0.4) is 0 Å². The molecule has 2 aliphatic rings. The Bertz CT molecular complexity index is 1290. The smallest absolute Gasteiger partial charge is 0.283 e. The lowest BCUT2D eigenvalue weighted by molar-refractivity contribution is -0.114. The molecule has 0 aliphatic carbocycles. The number of benzene rings is 2. The molecule has 3 heterocycles. The average Bonchev–Trinajstić information content (AvgIpc) is 3.44. The summed E-state index contributed by atoms with van der Waals surface area (Å²) < 4.78 is 5.88. The van der Waals surface area contributed by atoms with Gasteiger partial charge in [0.05, 0.1) is 11.3 Å². The minimum Gasteiger partial charge on any atom is -0.450 e. The van der Waals surface area contributed by atoms with Gasteiger partial charge in [0.1, 0.15) is 11.6 Å². The van der Waals surface area contributed by atoms with Gasteiger partial charge in [0.25, 0.3) is 5.91 Å². The van der Waals surface area contributed by atoms with Crippen LogP contribution in [0.5, 0.6) is 0 Å². The first-order chi connectivity index (χ1) is 15.6. The number of aliphatic imine (C=N–C) groups is 1. The molecule has 2 aliphatic heterocycles. The van der Waals surface area contributed by atoms with Crippen molar-refractivity contribution in [2.24, 2.45) is 4.99 Å². The molecule has 0 radical (unpaired) electrons. The van der Waals surface area contributed by atoms with Crippen molar-refractivity contribution in [3.8, 4) is 0 Å². The fourth-order valence-electron chi connectivity index (χ4n) is 3.28. The second-order valence-corrected chi connectivity index (χ2v) is 9.25. The van der Waals surface area contributed by atoms with Gasteiger partial charge in [-0.3, -0.25) is 15.1 Å². The lowest BCUT2D eigenvalue weighted by Crippen LogP contribution is -2.37. The van der Waals surface area contributed by atoms with Gasteiger partial charge >= 0.3 is 0 Å². The van der Waals surface area contributed by atoms with Gasteiger partial charge in [-0.25, -0.2) is 0 Å². The molecule has 0 saturated heterocycles. The molecule has 0 bridgehead atoms. The molecule has 32 heavy (non-hydrogen) atoms. The summed E-state index contributed by atoms with van der Waals surface area (Å²) in [5.74, 6) is 0.891. The molecule has 5 nitrogen and oxygen atoms in total. The zero-order chi connectivity index (χ0) is 22.1. The Morgan fingerprint density at radius 1 is 1.09 bits per heavy atom. The standard InChI is InChI=1S/C24H16ClN3O2S2/c25-17-8-6-15(7-9-17)13-31-21-11-10-18(30-21)12-19-22(26)28-20(16-4-2-1-3-5-16)14-32-24(28)27-23(19)29/h1-12,14,26H,13H2/b19-12-,26-22?. The molecule has 2 aromatic carbocycles. The number of carbonyl (C=O) groups excluding carboxylic acids is 1. The van der Waals surface area contributed by atoms with Crippen LogP contribution in [-0.2, 0) is 10.5 Å². The number of amides is 1. The van der Waals surface area contributed by atoms with E-state index in [2.05, 4.69) is 4.99 Å². The number of halogens is 1. The summed E-state index contributed by atoms with van der Waals surface area (Å²) >= 11 is 8.83. The molecule has 0 atom stereocenters. The fourth-order valence-corrected chi connectivity index (χ4v) is 5.12. The van der Waals surface area contributed by atoms with Crippen LogP contribution in [0.4, 0.5) is 0 Å². The molecule has 0 saturated carbocycles. The summed E-state index contributed by atoms with van der Waals surface area (Å²) in [6.45, 7) is 0. The Hall–Kier alpha value is -3.00. The van der Waals surface area contributed by atoms with E-state index in [1.165, 1.54) is 11.8 Å². The van der Waals surface area contributed by atoms with Crippen molar-refractivity contribution >= 4 is 63.8 Å². The molecule has 0 unspecified atom stereocenters. The van der Waals surface area contributed by atoms with E-state index < -0.39 is 5.91 Å². The SMILES string of the molecule is N=C1/C(=C/c2ccc(SCc3ccc(Cl)cc3)o2)C(=O)N=C2SC=C(c3ccccc3)N12. The van der Waals surface area contributed by atoms with Crippen LogP contribution in [0.15, 0.2) is 92.2 Å². The number of thioether (sulfide) groups is 2. The Morgan fingerprint density at radius 3 is 2.66 bits per heavy atom. The van der Waals surface area contributed by atoms with Crippen molar-refractivity contribution in [2.45, 2.75) is 10.8 Å². The van der Waals surface area contributed by atoms with E-state index in [1.807, 2.05) is 66.1 Å². The molecule has 0 spiro atoms. The summed E-state index contributed by atoms with van der Waals surface area (Å²) in [5, 5.41) is 12.5. The Labute approximate surface area is 198 Å². The highest BCUT2D eigenvalue weighted by Crippen LogP contribution is 2.37. The van der Waals surface area contributed by atoms with Crippen molar-refractivity contribution in [1.82, 2.24) is 4.90 Å². The highest BCUT2D eigenvalue weighted by Gasteiger charge is 2.36. The van der Waals surface area contributed by atoms with Gasteiger partial charge < -0.3 is 4.42 Å². The summed E-state index contributed by atoms with van der Waals surface area (Å²) in [4.78, 5) is 18.5. The van der Waals surface area contributed by atoms with Gasteiger partial charge in [-0.2, -0.15) is 4.99 Å². The molecular formula is C24H16ClN3O2S2. The van der Waals surface area contributed by atoms with Crippen LogP contribution in [0.2, 0.25) is 5.02 Å². The van der Waals surface area contributed by atoms with E-state index in [4.69, 9.17) is 21.4 Å². The normalized spacial score (nSPS) is 16.9. The van der Waals surface area contributed by atoms with Crippen molar-refractivity contribution in [3.63, 3.8) is 0 Å². The molecule has 1 aromatic heterocycles. The Kier molecular flexibility index (Phi) is 5.78. The number of nitrogens with zero attached hydrogens (tertiary/aromatic N) is 2. The van der Waals surface area contributed by atoms with Crippen molar-refractivity contribution in [1.29, 1.82) is 5.41 Å². The fraction of sp³-hybridized carbons (Fsp3) is 0.0417. The summed E-state index contributed by atoms with van der Waals surface area (Å²) in [5.41, 5.74) is 3.12. The molecule has 158 valence electrons. The minimum atomic E-state index is -0.441. The predicted octanol–water partition coefficient (Wildman–Crippen LogP) is 6.53. The number of amidine groups is 2. The summed E-state index contributed by atoms with van der Waals surface area (Å²) in [6.07, 6.45) is 1.59. The third-order valence-corrected chi connectivity index (χ3v) is 6.93. The highest BCUT2D eigenvalue weighted by atomic mass is 35.5. The van der Waals surface area contributed by atoms with Crippen molar-refractivity contribution in [2.75, 3.05) is 0 Å². The monoisotopic (exact) mass is 477 g/mol. The van der Waals surface area contributed by atoms with Crippen LogP contribution in [0.25, 0.3) is 11.8 Å². The molecule has 5 rings (SSSR count). The first kappa shape index (κ1) is 20.9. The van der Waals surface area contributed by atoms with E-state index in [1.54, 1.807) is 28.8 Å². The van der Waals surface area contributed by atoms with Gasteiger partial charge in [0.2, 0.25) is 0 Å². The predicted molar refractivity (Wildman–Crippen MR) is 132 cm³/mol. The van der Waals surface area contributed by atoms with Crippen LogP contribution < -0.4 is 0 Å². The van der Waals surface area contributed by atoms with E-state index in [0.717, 1.165) is 27.7 Å². The number of nitrogens with one attached hydrogen (secondary N) is 1. The quantitative estimate of drug-likeness (QED) is 0.334. The van der Waals surface area contributed by atoms with E-state index in [-0.39, 0.29) is 11.4 Å². The number of furan rings is 1. The van der Waals surface area contributed by atoms with E-state index in [0.29, 0.717) is 16.0 Å². The number of hydrogen-bond acceptors (Lipinski definition) is 5. The molecule has 3 aromatic rings. The van der Waals surface area contributed by atoms with Crippen LogP contribution >= 0.6 is 35.1 Å². The van der Waals surface area contributed by atoms with Gasteiger partial charge in [0.15, 0.2) is 10.3 Å². The van der Waals surface area contributed by atoms with E-state index in [9.17, 15) is 4.79 Å². The topological polar surface area (TPSA) is 69.7 Å². The maximum absolute atomic E-state index is 12.6. The number of fused-ring (bicyclic) bond motifs is 1. The summed E-state index contributed by atoms with van der Waals surface area (Å²) in [7, 11) is 0. The Balaban J connectivity index is 1.35. The van der Waals surface area contributed by atoms with Gasteiger partial charge in [0, 0.05) is 16.2 Å². The number of rotatable bonds is 5. The van der Waals surface area contributed by atoms with Gasteiger partial charge in [-0.15, -0.1) is 0 Å². The minimum absolute atomic E-state index is 0.0897. The van der Waals surface area contributed by atoms with Crippen molar-refractivity contribution < 1.29 is 9.21 Å². The Morgan fingerprint density at radius 2 is 1.88 bits per heavy atom. The zero-order valence-electron chi connectivity index (χ0n) is 16.6. The van der Waals surface area contributed by atoms with E-state index >= 15 is 0 Å². The number of hydrogen-bond donors (Lipinski definition) is 1.